The van der Waals surface area contributed by atoms with Crippen LogP contribution in [0.1, 0.15) is 5.56 Å². The molecule has 0 saturated heterocycles. The molecule has 0 unspecified atom stereocenters. The number of nitrogens with one attached hydrogen (secondary N) is 1. The molecule has 4 nitrogen and oxygen atoms in total. The fourth-order valence-electron chi connectivity index (χ4n) is 2.62. The molecule has 0 bridgehead atoms. The summed E-state index contributed by atoms with van der Waals surface area (Å²) in [7, 11) is 0. The number of hydrogen-bond acceptors (Lipinski definition) is 4. The molecular weight excluding hydrogens is 320 g/mol. The van der Waals surface area contributed by atoms with Crippen LogP contribution in [0.2, 0.25) is 5.02 Å². The van der Waals surface area contributed by atoms with Crippen LogP contribution in [0, 0.1) is 0 Å². The Morgan fingerprint density at radius 2 is 1.71 bits per heavy atom. The molecule has 0 aliphatic carbocycles. The molecule has 4 rings (SSSR count). The lowest BCUT2D eigenvalue weighted by Crippen LogP contribution is -1.94. The Morgan fingerprint density at radius 3 is 2.67 bits per heavy atom. The van der Waals surface area contributed by atoms with Crippen molar-refractivity contribution in [1.82, 2.24) is 9.97 Å². The van der Waals surface area contributed by atoms with Crippen LogP contribution in [0.5, 0.6) is 0 Å². The summed E-state index contributed by atoms with van der Waals surface area (Å²) in [5, 5.41) is 7.07. The molecule has 0 aliphatic heterocycles. The van der Waals surface area contributed by atoms with Gasteiger partial charge in [-0.15, -0.1) is 0 Å². The van der Waals surface area contributed by atoms with E-state index in [1.807, 2.05) is 54.6 Å². The highest BCUT2D eigenvalue weighted by Crippen LogP contribution is 2.24. The minimum Gasteiger partial charge on any atom is -0.278 e. The molecule has 2 heterocycles. The van der Waals surface area contributed by atoms with Crippen LogP contribution in [0.4, 0.5) is 5.69 Å². The van der Waals surface area contributed by atoms with Crippen molar-refractivity contribution in [2.24, 2.45) is 5.10 Å². The van der Waals surface area contributed by atoms with Gasteiger partial charge in [-0.25, -0.2) is 0 Å². The van der Waals surface area contributed by atoms with E-state index < -0.39 is 0 Å². The minimum absolute atomic E-state index is 0.666. The van der Waals surface area contributed by atoms with Gasteiger partial charge < -0.3 is 0 Å². The molecule has 0 saturated carbocycles. The van der Waals surface area contributed by atoms with Gasteiger partial charge in [-0.3, -0.25) is 15.4 Å². The smallest absolute Gasteiger partial charge is 0.0738 e. The molecule has 2 aromatic heterocycles. The summed E-state index contributed by atoms with van der Waals surface area (Å²) in [6, 6.07) is 17.4. The third-order valence-corrected chi connectivity index (χ3v) is 4.01. The van der Waals surface area contributed by atoms with Crippen molar-refractivity contribution in [2.45, 2.75) is 0 Å². The van der Waals surface area contributed by atoms with E-state index in [1.165, 1.54) is 0 Å². The number of hydrogen-bond donors (Lipinski definition) is 1. The van der Waals surface area contributed by atoms with E-state index in [2.05, 4.69) is 20.5 Å². The first kappa shape index (κ1) is 14.6. The molecule has 0 spiro atoms. The summed E-state index contributed by atoms with van der Waals surface area (Å²) in [6.07, 6.45) is 5.32. The second-order valence-electron chi connectivity index (χ2n) is 5.31. The topological polar surface area (TPSA) is 50.2 Å². The predicted octanol–water partition coefficient (Wildman–Crippen LogP) is 4.88. The molecule has 2 aromatic carbocycles. The maximum absolute atomic E-state index is 6.01. The van der Waals surface area contributed by atoms with E-state index in [0.717, 1.165) is 33.1 Å². The molecule has 4 aromatic rings. The fourth-order valence-corrected chi connectivity index (χ4v) is 2.79. The van der Waals surface area contributed by atoms with Crippen LogP contribution in [0.15, 0.2) is 72.1 Å². The molecule has 0 aliphatic rings. The zero-order chi connectivity index (χ0) is 16.4. The lowest BCUT2D eigenvalue weighted by atomic mass is 10.1. The highest BCUT2D eigenvalue weighted by molar-refractivity contribution is 6.31. The van der Waals surface area contributed by atoms with Crippen molar-refractivity contribution in [2.75, 3.05) is 5.43 Å². The summed E-state index contributed by atoms with van der Waals surface area (Å²) in [5.41, 5.74) is 6.76. The number of nitrogens with zero attached hydrogens (tertiary/aromatic N) is 3. The van der Waals surface area contributed by atoms with E-state index in [4.69, 9.17) is 11.6 Å². The van der Waals surface area contributed by atoms with Crippen LogP contribution in [-0.4, -0.2) is 16.2 Å². The van der Waals surface area contributed by atoms with Crippen LogP contribution >= 0.6 is 11.6 Å². The average Bonchev–Trinajstić information content (AvgIpc) is 2.62. The highest BCUT2D eigenvalue weighted by Gasteiger charge is 2.02. The van der Waals surface area contributed by atoms with Gasteiger partial charge in [0.1, 0.15) is 0 Å². The molecule has 0 fully saturated rings. The molecular formula is C19H13ClN4. The molecule has 24 heavy (non-hydrogen) atoms. The SMILES string of the molecule is Clc1ccc2c(NN=Cc3ccnc4ccccc34)ccnc2c1. The second-order valence-corrected chi connectivity index (χ2v) is 5.74. The number of rotatable bonds is 3. The Bertz CT molecular complexity index is 1050. The number of anilines is 1. The summed E-state index contributed by atoms with van der Waals surface area (Å²) in [4.78, 5) is 8.68. The first-order chi connectivity index (χ1) is 11.8. The molecule has 0 atom stereocenters. The van der Waals surface area contributed by atoms with Gasteiger partial charge in [-0.1, -0.05) is 29.8 Å². The fraction of sp³-hybridized carbons (Fsp3) is 0. The van der Waals surface area contributed by atoms with Crippen molar-refractivity contribution in [3.63, 3.8) is 0 Å². The lowest BCUT2D eigenvalue weighted by molar-refractivity contribution is 1.33. The van der Waals surface area contributed by atoms with Crippen LogP contribution in [-0.2, 0) is 0 Å². The van der Waals surface area contributed by atoms with Crippen molar-refractivity contribution in [1.29, 1.82) is 0 Å². The third kappa shape index (κ3) is 2.79. The Morgan fingerprint density at radius 1 is 0.875 bits per heavy atom. The molecule has 116 valence electrons. The second kappa shape index (κ2) is 6.26. The number of aromatic nitrogens is 2. The zero-order valence-corrected chi connectivity index (χ0v) is 13.4. The number of hydrazone groups is 1. The Kier molecular flexibility index (Phi) is 3.81. The summed E-state index contributed by atoms with van der Waals surface area (Å²) < 4.78 is 0. The van der Waals surface area contributed by atoms with E-state index in [0.29, 0.717) is 5.02 Å². The van der Waals surface area contributed by atoms with Gasteiger partial charge in [0.05, 0.1) is 22.9 Å². The Balaban J connectivity index is 1.66. The standard InChI is InChI=1S/C19H13ClN4/c20-14-5-6-16-18(8-10-22-19(16)11-14)24-23-12-13-7-9-21-17-4-2-1-3-15(13)17/h1-12H,(H,22,24). The number of fused-ring (bicyclic) bond motifs is 2. The maximum atomic E-state index is 6.01. The highest BCUT2D eigenvalue weighted by atomic mass is 35.5. The van der Waals surface area contributed by atoms with Crippen LogP contribution in [0.3, 0.4) is 0 Å². The van der Waals surface area contributed by atoms with Crippen molar-refractivity contribution in [3.8, 4) is 0 Å². The average molecular weight is 333 g/mol. The Hall–Kier alpha value is -2.98. The van der Waals surface area contributed by atoms with Gasteiger partial charge in [0, 0.05) is 33.8 Å². The number of benzene rings is 2. The van der Waals surface area contributed by atoms with Crippen molar-refractivity contribution < 1.29 is 0 Å². The minimum atomic E-state index is 0.666. The first-order valence-electron chi connectivity index (χ1n) is 7.48. The van der Waals surface area contributed by atoms with E-state index in [-0.39, 0.29) is 0 Å². The van der Waals surface area contributed by atoms with E-state index >= 15 is 0 Å². The van der Waals surface area contributed by atoms with Gasteiger partial charge in [0.25, 0.3) is 0 Å². The van der Waals surface area contributed by atoms with Gasteiger partial charge in [0.15, 0.2) is 0 Å². The largest absolute Gasteiger partial charge is 0.278 e. The molecule has 0 amide bonds. The predicted molar refractivity (Wildman–Crippen MR) is 99.7 cm³/mol. The number of halogens is 1. The van der Waals surface area contributed by atoms with Gasteiger partial charge in [-0.05, 0) is 36.4 Å². The third-order valence-electron chi connectivity index (χ3n) is 3.78. The number of pyridine rings is 2. The summed E-state index contributed by atoms with van der Waals surface area (Å²) in [5.74, 6) is 0. The normalized spacial score (nSPS) is 11.4. The first-order valence-corrected chi connectivity index (χ1v) is 7.86. The zero-order valence-electron chi connectivity index (χ0n) is 12.6. The van der Waals surface area contributed by atoms with Crippen LogP contribution in [0.25, 0.3) is 21.8 Å². The molecule has 0 radical (unpaired) electrons. The van der Waals surface area contributed by atoms with Crippen LogP contribution < -0.4 is 5.43 Å². The Labute approximate surface area is 143 Å². The van der Waals surface area contributed by atoms with Crippen molar-refractivity contribution in [3.05, 3.63) is 77.6 Å². The van der Waals surface area contributed by atoms with E-state index in [9.17, 15) is 0 Å². The van der Waals surface area contributed by atoms with Gasteiger partial charge in [0.2, 0.25) is 0 Å². The lowest BCUT2D eigenvalue weighted by Gasteiger charge is -2.05. The monoisotopic (exact) mass is 332 g/mol. The van der Waals surface area contributed by atoms with Gasteiger partial charge >= 0.3 is 0 Å². The van der Waals surface area contributed by atoms with E-state index in [1.54, 1.807) is 18.6 Å². The number of para-hydroxylation sites is 1. The van der Waals surface area contributed by atoms with Gasteiger partial charge in [-0.2, -0.15) is 5.10 Å². The summed E-state index contributed by atoms with van der Waals surface area (Å²) >= 11 is 6.01. The maximum Gasteiger partial charge on any atom is 0.0738 e. The van der Waals surface area contributed by atoms with Crippen molar-refractivity contribution >= 4 is 45.3 Å². The molecule has 5 heteroatoms. The molecule has 1 N–H and O–H groups in total. The quantitative estimate of drug-likeness (QED) is 0.429. The summed E-state index contributed by atoms with van der Waals surface area (Å²) in [6.45, 7) is 0.